The maximum absolute atomic E-state index is 13.3. The molecule has 9 heteroatoms. The van der Waals surface area contributed by atoms with Crippen molar-refractivity contribution in [3.63, 3.8) is 0 Å². The van der Waals surface area contributed by atoms with E-state index in [1.807, 2.05) is 50.5 Å². The third-order valence-electron chi connectivity index (χ3n) is 4.22. The smallest absolute Gasteiger partial charge is 0.261 e. The Bertz CT molecular complexity index is 970. The summed E-state index contributed by atoms with van der Waals surface area (Å²) < 4.78 is 12.8. The standard InChI is InChI=1S/C19H18IN3O3S.ClH/c1-22(2)7-8-23(18(24)12-5-3-4-6-13(12)20)19-21-14-9-15-16(26-11-25-15)10-17(14)27-19;/h3-6,9-10H,7-8,11H2,1-2H3;1H. The van der Waals surface area contributed by atoms with Crippen molar-refractivity contribution in [3.05, 3.63) is 45.5 Å². The molecule has 0 spiro atoms. The van der Waals surface area contributed by atoms with Crippen LogP contribution in [0.15, 0.2) is 36.4 Å². The fourth-order valence-corrected chi connectivity index (χ4v) is 4.40. The summed E-state index contributed by atoms with van der Waals surface area (Å²) in [5.74, 6) is 1.38. The summed E-state index contributed by atoms with van der Waals surface area (Å²) in [5, 5.41) is 0.681. The van der Waals surface area contributed by atoms with Crippen LogP contribution >= 0.6 is 46.3 Å². The van der Waals surface area contributed by atoms with Crippen LogP contribution in [0.4, 0.5) is 5.13 Å². The predicted octanol–water partition coefficient (Wildman–Crippen LogP) is 4.26. The maximum Gasteiger partial charge on any atom is 0.261 e. The second kappa shape index (κ2) is 8.81. The summed E-state index contributed by atoms with van der Waals surface area (Å²) in [5.41, 5.74) is 1.50. The van der Waals surface area contributed by atoms with Gasteiger partial charge in [-0.15, -0.1) is 12.4 Å². The molecule has 2 aromatic carbocycles. The molecular formula is C19H19ClIN3O3S. The number of carbonyl (C=O) groups excluding carboxylic acids is 1. The number of carbonyl (C=O) groups is 1. The number of rotatable bonds is 5. The molecule has 148 valence electrons. The molecule has 0 N–H and O–H groups in total. The van der Waals surface area contributed by atoms with Gasteiger partial charge in [-0.05, 0) is 48.8 Å². The highest BCUT2D eigenvalue weighted by atomic mass is 127. The Balaban J connectivity index is 0.00000225. The first kappa shape index (κ1) is 21.1. The molecule has 0 unspecified atom stereocenters. The highest BCUT2D eigenvalue weighted by molar-refractivity contribution is 14.1. The Morgan fingerprint density at radius 1 is 1.18 bits per heavy atom. The summed E-state index contributed by atoms with van der Waals surface area (Å²) in [7, 11) is 3.99. The van der Waals surface area contributed by atoms with E-state index in [9.17, 15) is 4.79 Å². The number of halogens is 2. The lowest BCUT2D eigenvalue weighted by Crippen LogP contribution is -2.37. The van der Waals surface area contributed by atoms with Gasteiger partial charge in [-0.3, -0.25) is 9.69 Å². The zero-order chi connectivity index (χ0) is 19.0. The van der Waals surface area contributed by atoms with Gasteiger partial charge in [-0.1, -0.05) is 23.5 Å². The number of hydrogen-bond donors (Lipinski definition) is 0. The van der Waals surface area contributed by atoms with Crippen LogP contribution in [0.2, 0.25) is 0 Å². The van der Waals surface area contributed by atoms with Crippen molar-refractivity contribution < 1.29 is 14.3 Å². The number of hydrogen-bond acceptors (Lipinski definition) is 6. The molecule has 0 saturated heterocycles. The molecule has 6 nitrogen and oxygen atoms in total. The zero-order valence-electron chi connectivity index (χ0n) is 15.3. The topological polar surface area (TPSA) is 54.9 Å². The lowest BCUT2D eigenvalue weighted by molar-refractivity contribution is 0.0984. The van der Waals surface area contributed by atoms with Gasteiger partial charge in [0.05, 0.1) is 15.8 Å². The van der Waals surface area contributed by atoms with Crippen molar-refractivity contribution in [1.29, 1.82) is 0 Å². The van der Waals surface area contributed by atoms with Crippen LogP contribution in [-0.2, 0) is 0 Å². The monoisotopic (exact) mass is 531 g/mol. The Morgan fingerprint density at radius 3 is 2.61 bits per heavy atom. The molecule has 1 aliphatic rings. The van der Waals surface area contributed by atoms with E-state index in [2.05, 4.69) is 27.5 Å². The number of ether oxygens (including phenoxy) is 2. The van der Waals surface area contributed by atoms with E-state index >= 15 is 0 Å². The summed E-state index contributed by atoms with van der Waals surface area (Å²) in [6, 6.07) is 11.4. The van der Waals surface area contributed by atoms with Gasteiger partial charge in [-0.2, -0.15) is 0 Å². The van der Waals surface area contributed by atoms with Crippen LogP contribution < -0.4 is 14.4 Å². The van der Waals surface area contributed by atoms with Crippen LogP contribution in [-0.4, -0.2) is 49.8 Å². The SMILES string of the molecule is CN(C)CCN(C(=O)c1ccccc1I)c1nc2cc3c(cc2s1)OCO3.Cl. The molecule has 1 amide bonds. The Labute approximate surface area is 187 Å². The van der Waals surface area contributed by atoms with Crippen molar-refractivity contribution in [3.8, 4) is 11.5 Å². The van der Waals surface area contributed by atoms with E-state index in [-0.39, 0.29) is 25.1 Å². The van der Waals surface area contributed by atoms with Crippen molar-refractivity contribution >= 4 is 67.6 Å². The zero-order valence-corrected chi connectivity index (χ0v) is 19.1. The van der Waals surface area contributed by atoms with Crippen LogP contribution in [0.3, 0.4) is 0 Å². The summed E-state index contributed by atoms with van der Waals surface area (Å²) >= 11 is 3.69. The second-order valence-corrected chi connectivity index (χ2v) is 8.58. The average Bonchev–Trinajstić information content (AvgIpc) is 3.25. The number of aromatic nitrogens is 1. The third kappa shape index (κ3) is 4.19. The Kier molecular flexibility index (Phi) is 6.64. The minimum atomic E-state index is -0.0408. The van der Waals surface area contributed by atoms with Gasteiger partial charge in [0.2, 0.25) is 6.79 Å². The number of fused-ring (bicyclic) bond motifs is 2. The van der Waals surface area contributed by atoms with Crippen molar-refractivity contribution in [1.82, 2.24) is 9.88 Å². The fourth-order valence-electron chi connectivity index (χ4n) is 2.79. The van der Waals surface area contributed by atoms with Crippen molar-refractivity contribution in [2.45, 2.75) is 0 Å². The first-order valence-electron chi connectivity index (χ1n) is 8.44. The van der Waals surface area contributed by atoms with E-state index in [1.165, 1.54) is 11.3 Å². The molecule has 2 heterocycles. The lowest BCUT2D eigenvalue weighted by atomic mass is 10.2. The van der Waals surface area contributed by atoms with Crippen LogP contribution in [0.5, 0.6) is 11.5 Å². The van der Waals surface area contributed by atoms with Gasteiger partial charge in [0.25, 0.3) is 5.91 Å². The molecule has 0 atom stereocenters. The van der Waals surface area contributed by atoms with Gasteiger partial charge >= 0.3 is 0 Å². The van der Waals surface area contributed by atoms with Gasteiger partial charge in [0.15, 0.2) is 16.6 Å². The van der Waals surface area contributed by atoms with Crippen molar-refractivity contribution in [2.75, 3.05) is 38.9 Å². The quantitative estimate of drug-likeness (QED) is 0.461. The maximum atomic E-state index is 13.3. The number of benzene rings is 2. The minimum absolute atomic E-state index is 0. The third-order valence-corrected chi connectivity index (χ3v) is 6.20. The molecule has 0 saturated carbocycles. The van der Waals surface area contributed by atoms with E-state index in [0.717, 1.165) is 26.1 Å². The van der Waals surface area contributed by atoms with E-state index in [1.54, 1.807) is 4.90 Å². The van der Waals surface area contributed by atoms with E-state index in [4.69, 9.17) is 14.5 Å². The molecule has 3 aromatic rings. The number of amides is 1. The second-order valence-electron chi connectivity index (χ2n) is 6.41. The predicted molar refractivity (Wildman–Crippen MR) is 122 cm³/mol. The number of thiazole rings is 1. The first-order valence-corrected chi connectivity index (χ1v) is 10.3. The van der Waals surface area contributed by atoms with Gasteiger partial charge in [-0.25, -0.2) is 4.98 Å². The van der Waals surface area contributed by atoms with Crippen LogP contribution in [0.1, 0.15) is 10.4 Å². The molecule has 1 aromatic heterocycles. The molecular weight excluding hydrogens is 513 g/mol. The number of likely N-dealkylation sites (N-methyl/N-ethyl adjacent to an activating group) is 1. The first-order chi connectivity index (χ1) is 13.0. The molecule has 0 radical (unpaired) electrons. The van der Waals surface area contributed by atoms with Crippen LogP contribution in [0, 0.1) is 3.57 Å². The lowest BCUT2D eigenvalue weighted by Gasteiger charge is -2.22. The molecule has 0 aliphatic carbocycles. The minimum Gasteiger partial charge on any atom is -0.454 e. The van der Waals surface area contributed by atoms with Crippen molar-refractivity contribution in [2.24, 2.45) is 0 Å². The molecule has 28 heavy (non-hydrogen) atoms. The average molecular weight is 532 g/mol. The highest BCUT2D eigenvalue weighted by Gasteiger charge is 2.24. The molecule has 4 rings (SSSR count). The van der Waals surface area contributed by atoms with Crippen LogP contribution in [0.25, 0.3) is 10.2 Å². The van der Waals surface area contributed by atoms with Gasteiger partial charge < -0.3 is 14.4 Å². The highest BCUT2D eigenvalue weighted by Crippen LogP contribution is 2.40. The van der Waals surface area contributed by atoms with Gasteiger partial charge in [0, 0.05) is 28.8 Å². The number of anilines is 1. The Morgan fingerprint density at radius 2 is 1.89 bits per heavy atom. The summed E-state index contributed by atoms with van der Waals surface area (Å²) in [4.78, 5) is 21.8. The van der Waals surface area contributed by atoms with E-state index in [0.29, 0.717) is 23.0 Å². The normalized spacial score (nSPS) is 12.3. The number of nitrogens with zero attached hydrogens (tertiary/aromatic N) is 3. The molecule has 0 bridgehead atoms. The summed E-state index contributed by atoms with van der Waals surface area (Å²) in [6.45, 7) is 1.54. The fraction of sp³-hybridized carbons (Fsp3) is 0.263. The van der Waals surface area contributed by atoms with Gasteiger partial charge in [0.1, 0.15) is 0 Å². The largest absolute Gasteiger partial charge is 0.454 e. The molecule has 1 aliphatic heterocycles. The molecule has 0 fully saturated rings. The Hall–Kier alpha value is -1.62. The van der Waals surface area contributed by atoms with E-state index < -0.39 is 0 Å². The summed E-state index contributed by atoms with van der Waals surface area (Å²) in [6.07, 6.45) is 0.